The fraction of sp³-hybridized carbons (Fsp3) is 0.857. The minimum absolute atomic E-state index is 0.0243. The molecule has 1 unspecified atom stereocenters. The van der Waals surface area contributed by atoms with E-state index < -0.39 is 17.8 Å². The molecule has 0 aromatic heterocycles. The second-order valence-corrected chi connectivity index (χ2v) is 12.0. The van der Waals surface area contributed by atoms with Crippen molar-refractivity contribution >= 4 is 0 Å². The van der Waals surface area contributed by atoms with Crippen molar-refractivity contribution in [2.75, 3.05) is 0 Å². The molecule has 0 spiro atoms. The Labute approximate surface area is 191 Å². The highest BCUT2D eigenvalue weighted by Gasteiger charge is 2.50. The number of hydrogen-bond acceptors (Lipinski definition) is 3. The van der Waals surface area contributed by atoms with E-state index in [4.69, 9.17) is 0 Å². The lowest BCUT2D eigenvalue weighted by Gasteiger charge is -2.44. The van der Waals surface area contributed by atoms with E-state index in [1.165, 1.54) is 44.1 Å². The van der Waals surface area contributed by atoms with E-state index in [0.29, 0.717) is 30.1 Å². The van der Waals surface area contributed by atoms with Gasteiger partial charge in [-0.1, -0.05) is 56.9 Å². The molecule has 0 heterocycles. The lowest BCUT2D eigenvalue weighted by atomic mass is 9.60. The zero-order valence-corrected chi connectivity index (χ0v) is 20.7. The zero-order valence-electron chi connectivity index (χ0n) is 20.7. The molecule has 3 aliphatic carbocycles. The summed E-state index contributed by atoms with van der Waals surface area (Å²) in [5, 5.41) is 30.9. The van der Waals surface area contributed by atoms with Crippen LogP contribution in [0.15, 0.2) is 23.3 Å². The number of aliphatic hydroxyl groups is 3. The van der Waals surface area contributed by atoms with Gasteiger partial charge in [-0.05, 0) is 94.8 Å². The van der Waals surface area contributed by atoms with Crippen LogP contribution in [0.25, 0.3) is 0 Å². The van der Waals surface area contributed by atoms with E-state index in [2.05, 4.69) is 32.9 Å². The minimum atomic E-state index is -0.548. The van der Waals surface area contributed by atoms with Crippen LogP contribution in [-0.2, 0) is 0 Å². The summed E-state index contributed by atoms with van der Waals surface area (Å²) < 4.78 is 0. The third kappa shape index (κ3) is 5.84. The number of hydrogen-bond donors (Lipinski definition) is 3. The highest BCUT2D eigenvalue weighted by molar-refractivity contribution is 5.26. The first kappa shape index (κ1) is 25.0. The molecule has 3 N–H and O–H groups in total. The van der Waals surface area contributed by atoms with Crippen molar-refractivity contribution < 1.29 is 15.3 Å². The molecule has 0 aliphatic heterocycles. The number of fused-ring (bicyclic) bond motifs is 1. The van der Waals surface area contributed by atoms with Gasteiger partial charge in [0.05, 0.1) is 17.8 Å². The summed E-state index contributed by atoms with van der Waals surface area (Å²) in [4.78, 5) is 0. The molecule has 0 aromatic rings. The maximum Gasteiger partial charge on any atom is 0.0630 e. The van der Waals surface area contributed by atoms with Crippen LogP contribution < -0.4 is 0 Å². The van der Waals surface area contributed by atoms with Crippen molar-refractivity contribution in [1.82, 2.24) is 0 Å². The molecule has 3 heteroatoms. The summed E-state index contributed by atoms with van der Waals surface area (Å²) in [5.41, 5.74) is 2.66. The molecule has 0 bridgehead atoms. The maximum absolute atomic E-state index is 10.4. The van der Waals surface area contributed by atoms with Crippen LogP contribution in [0.5, 0.6) is 0 Å². The molecule has 3 fully saturated rings. The van der Waals surface area contributed by atoms with Gasteiger partial charge in [-0.25, -0.2) is 0 Å². The average molecular weight is 433 g/mol. The zero-order chi connectivity index (χ0) is 22.8. The third-order valence-corrected chi connectivity index (χ3v) is 9.11. The Balaban J connectivity index is 1.66. The summed E-state index contributed by atoms with van der Waals surface area (Å²) in [6.45, 7) is 10.9. The summed E-state index contributed by atoms with van der Waals surface area (Å²) in [6.07, 6.45) is 15.7. The lowest BCUT2D eigenvalue weighted by Crippen LogP contribution is -2.36. The predicted molar refractivity (Wildman–Crippen MR) is 129 cm³/mol. The Hall–Kier alpha value is -0.640. The standard InChI is InChI=1S/C28H48O3/c1-6-22-25(29)17-20(18-26(22)30)11-12-21-10-8-16-28(5)23(13-14-24(21)28)19(2)9-7-15-27(3,4)31/h11-12,19,22-26,29-31H,6-10,13-18H2,1-5H3/b20-11?,21-12+/t19-,22?,23-,24+,25-,26+,28-/m1/s1. The van der Waals surface area contributed by atoms with Crippen LogP contribution >= 0.6 is 0 Å². The van der Waals surface area contributed by atoms with Gasteiger partial charge < -0.3 is 15.3 Å². The predicted octanol–water partition coefficient (Wildman–Crippen LogP) is 6.17. The van der Waals surface area contributed by atoms with Crippen molar-refractivity contribution in [3.05, 3.63) is 23.3 Å². The average Bonchev–Trinajstić information content (AvgIpc) is 3.02. The fourth-order valence-electron chi connectivity index (χ4n) is 7.36. The molecule has 178 valence electrons. The van der Waals surface area contributed by atoms with E-state index in [9.17, 15) is 15.3 Å². The molecular weight excluding hydrogens is 384 g/mol. The lowest BCUT2D eigenvalue weighted by molar-refractivity contribution is -0.00700. The van der Waals surface area contributed by atoms with Crippen molar-refractivity contribution in [2.24, 2.45) is 29.1 Å². The van der Waals surface area contributed by atoms with Crippen molar-refractivity contribution in [1.29, 1.82) is 0 Å². The summed E-state index contributed by atoms with van der Waals surface area (Å²) in [6, 6.07) is 0. The Kier molecular flexibility index (Phi) is 8.14. The van der Waals surface area contributed by atoms with Gasteiger partial charge >= 0.3 is 0 Å². The largest absolute Gasteiger partial charge is 0.392 e. The molecule has 3 saturated carbocycles. The molecule has 0 radical (unpaired) electrons. The van der Waals surface area contributed by atoms with Crippen LogP contribution in [-0.4, -0.2) is 33.1 Å². The van der Waals surface area contributed by atoms with Gasteiger partial charge in [0.15, 0.2) is 0 Å². The summed E-state index contributed by atoms with van der Waals surface area (Å²) in [7, 11) is 0. The second kappa shape index (κ2) is 10.1. The van der Waals surface area contributed by atoms with E-state index in [1.54, 1.807) is 5.57 Å². The molecule has 7 atom stereocenters. The molecule has 3 rings (SSSR count). The van der Waals surface area contributed by atoms with Gasteiger partial charge in [0, 0.05) is 5.92 Å². The van der Waals surface area contributed by atoms with Gasteiger partial charge in [0.2, 0.25) is 0 Å². The minimum Gasteiger partial charge on any atom is -0.392 e. The summed E-state index contributed by atoms with van der Waals surface area (Å²) in [5.74, 6) is 2.20. The highest BCUT2D eigenvalue weighted by atomic mass is 16.3. The van der Waals surface area contributed by atoms with Gasteiger partial charge in [-0.15, -0.1) is 0 Å². The van der Waals surface area contributed by atoms with Crippen LogP contribution in [0.4, 0.5) is 0 Å². The van der Waals surface area contributed by atoms with Gasteiger partial charge in [0.25, 0.3) is 0 Å². The smallest absolute Gasteiger partial charge is 0.0630 e. The van der Waals surface area contributed by atoms with E-state index >= 15 is 0 Å². The first-order valence-corrected chi connectivity index (χ1v) is 13.0. The maximum atomic E-state index is 10.4. The van der Waals surface area contributed by atoms with Crippen molar-refractivity contribution in [3.8, 4) is 0 Å². The van der Waals surface area contributed by atoms with E-state index in [0.717, 1.165) is 25.2 Å². The number of allylic oxidation sites excluding steroid dienone is 3. The van der Waals surface area contributed by atoms with Crippen LogP contribution in [0.1, 0.15) is 105 Å². The quantitative estimate of drug-likeness (QED) is 0.450. The molecule has 0 amide bonds. The van der Waals surface area contributed by atoms with Gasteiger partial charge in [-0.3, -0.25) is 0 Å². The van der Waals surface area contributed by atoms with E-state index in [1.807, 2.05) is 13.8 Å². The third-order valence-electron chi connectivity index (χ3n) is 9.11. The number of aliphatic hydroxyl groups excluding tert-OH is 2. The van der Waals surface area contributed by atoms with Gasteiger partial charge in [-0.2, -0.15) is 0 Å². The van der Waals surface area contributed by atoms with Crippen molar-refractivity contribution in [2.45, 2.75) is 123 Å². The SMILES string of the molecule is CCC1[C@H](O)CC(=C/C=C2\CCC[C@]3(C)[C@@H]([C@H](C)CCCC(C)(C)O)CC[C@@H]23)C[C@@H]1O. The Morgan fingerprint density at radius 3 is 2.42 bits per heavy atom. The van der Waals surface area contributed by atoms with Crippen molar-refractivity contribution in [3.63, 3.8) is 0 Å². The highest BCUT2D eigenvalue weighted by Crippen LogP contribution is 2.60. The first-order chi connectivity index (χ1) is 14.5. The molecule has 3 aliphatic rings. The molecule has 3 nitrogen and oxygen atoms in total. The monoisotopic (exact) mass is 432 g/mol. The second-order valence-electron chi connectivity index (χ2n) is 12.0. The van der Waals surface area contributed by atoms with Crippen LogP contribution in [0, 0.1) is 29.1 Å². The van der Waals surface area contributed by atoms with Crippen LogP contribution in [0.3, 0.4) is 0 Å². The van der Waals surface area contributed by atoms with E-state index in [-0.39, 0.29) is 5.92 Å². The Morgan fingerprint density at radius 1 is 1.13 bits per heavy atom. The number of rotatable bonds is 7. The molecular formula is C28H48O3. The summed E-state index contributed by atoms with van der Waals surface area (Å²) >= 11 is 0. The fourth-order valence-corrected chi connectivity index (χ4v) is 7.36. The normalized spacial score (nSPS) is 40.3. The Bertz CT molecular complexity index is 644. The molecule has 31 heavy (non-hydrogen) atoms. The topological polar surface area (TPSA) is 60.7 Å². The van der Waals surface area contributed by atoms with Gasteiger partial charge in [0.1, 0.15) is 0 Å². The first-order valence-electron chi connectivity index (χ1n) is 13.0. The Morgan fingerprint density at radius 2 is 1.81 bits per heavy atom. The molecule has 0 aromatic carbocycles. The van der Waals surface area contributed by atoms with Crippen LogP contribution in [0.2, 0.25) is 0 Å². The molecule has 0 saturated heterocycles.